The smallest absolute Gasteiger partial charge is 0.339 e. The Balaban J connectivity index is 2.27. The molecule has 0 bridgehead atoms. The largest absolute Gasteiger partial charge is 0.431 e. The highest BCUT2D eigenvalue weighted by Crippen LogP contribution is 2.42. The van der Waals surface area contributed by atoms with Crippen molar-refractivity contribution in [2.75, 3.05) is 0 Å². The zero-order chi connectivity index (χ0) is 16.8. The lowest BCUT2D eigenvalue weighted by atomic mass is 10.0. The van der Waals surface area contributed by atoms with Crippen LogP contribution in [0.15, 0.2) is 41.8 Å². The van der Waals surface area contributed by atoms with Crippen molar-refractivity contribution in [1.82, 2.24) is 4.57 Å². The fourth-order valence-corrected chi connectivity index (χ4v) is 3.57. The highest BCUT2D eigenvalue weighted by atomic mass is 32.1. The first kappa shape index (κ1) is 15.8. The van der Waals surface area contributed by atoms with Crippen LogP contribution >= 0.6 is 11.3 Å². The van der Waals surface area contributed by atoms with Gasteiger partial charge < -0.3 is 4.57 Å². The molecule has 6 heteroatoms. The molecule has 3 rings (SSSR count). The zero-order valence-corrected chi connectivity index (χ0v) is 13.2. The first-order valence-electron chi connectivity index (χ1n) is 6.85. The average Bonchev–Trinajstić information content (AvgIpc) is 3.02. The normalized spacial score (nSPS) is 11.9. The van der Waals surface area contributed by atoms with E-state index in [0.717, 1.165) is 21.1 Å². The van der Waals surface area contributed by atoms with E-state index in [1.807, 2.05) is 18.4 Å². The lowest BCUT2D eigenvalue weighted by Crippen LogP contribution is -2.11. The van der Waals surface area contributed by atoms with Gasteiger partial charge in [0.1, 0.15) is 11.5 Å². The summed E-state index contributed by atoms with van der Waals surface area (Å²) >= 11 is 1.39. The van der Waals surface area contributed by atoms with Crippen molar-refractivity contribution in [3.8, 4) is 21.7 Å². The van der Waals surface area contributed by atoms with Crippen LogP contribution in [0.1, 0.15) is 11.3 Å². The van der Waals surface area contributed by atoms with Gasteiger partial charge in [-0.3, -0.25) is 0 Å². The van der Waals surface area contributed by atoms with Crippen LogP contribution in [0.3, 0.4) is 0 Å². The Morgan fingerprint density at radius 3 is 2.22 bits per heavy atom. The Labute approximate surface area is 134 Å². The van der Waals surface area contributed by atoms with Gasteiger partial charge in [0.05, 0.1) is 10.6 Å². The van der Waals surface area contributed by atoms with Gasteiger partial charge in [-0.05, 0) is 47.7 Å². The molecule has 2 aromatic heterocycles. The standard InChI is InChI=1S/C17H13F4NS/c1-10-7-14(23-9-10)16-13(11-3-5-12(18)6-4-11)8-15(22(16)2)17(19,20)21/h3-9H,1-2H3. The van der Waals surface area contributed by atoms with E-state index in [1.54, 1.807) is 0 Å². The number of aromatic nitrogens is 1. The molecule has 23 heavy (non-hydrogen) atoms. The zero-order valence-electron chi connectivity index (χ0n) is 12.4. The van der Waals surface area contributed by atoms with Crippen molar-refractivity contribution in [3.05, 3.63) is 58.9 Å². The van der Waals surface area contributed by atoms with Gasteiger partial charge in [-0.25, -0.2) is 4.39 Å². The van der Waals surface area contributed by atoms with Gasteiger partial charge in [-0.2, -0.15) is 13.2 Å². The highest BCUT2D eigenvalue weighted by Gasteiger charge is 2.36. The Morgan fingerprint density at radius 2 is 1.70 bits per heavy atom. The molecule has 0 radical (unpaired) electrons. The molecule has 120 valence electrons. The van der Waals surface area contributed by atoms with Gasteiger partial charge in [0.15, 0.2) is 0 Å². The number of hydrogen-bond acceptors (Lipinski definition) is 1. The van der Waals surface area contributed by atoms with E-state index in [-0.39, 0.29) is 0 Å². The van der Waals surface area contributed by atoms with Crippen molar-refractivity contribution in [2.24, 2.45) is 7.05 Å². The van der Waals surface area contributed by atoms with E-state index >= 15 is 0 Å². The molecule has 1 aromatic carbocycles. The quantitative estimate of drug-likeness (QED) is 0.513. The van der Waals surface area contributed by atoms with Gasteiger partial charge in [-0.1, -0.05) is 12.1 Å². The summed E-state index contributed by atoms with van der Waals surface area (Å²) in [5.41, 5.74) is 1.75. The predicted octanol–water partition coefficient (Wildman–Crippen LogP) is 5.89. The lowest BCUT2D eigenvalue weighted by Gasteiger charge is -2.10. The second kappa shape index (κ2) is 5.53. The number of rotatable bonds is 2. The summed E-state index contributed by atoms with van der Waals surface area (Å²) in [5, 5.41) is 1.89. The SMILES string of the molecule is Cc1csc(-c2c(-c3ccc(F)cc3)cc(C(F)(F)F)n2C)c1. The molecule has 3 aromatic rings. The second-order valence-corrected chi connectivity index (χ2v) is 6.26. The van der Waals surface area contributed by atoms with Crippen molar-refractivity contribution in [2.45, 2.75) is 13.1 Å². The molecule has 0 saturated carbocycles. The third-order valence-corrected chi connectivity index (χ3v) is 4.70. The maximum atomic E-state index is 13.3. The summed E-state index contributed by atoms with van der Waals surface area (Å²) in [4.78, 5) is 0.750. The van der Waals surface area contributed by atoms with E-state index in [2.05, 4.69) is 0 Å². The van der Waals surface area contributed by atoms with Crippen LogP contribution in [-0.4, -0.2) is 4.57 Å². The van der Waals surface area contributed by atoms with Crippen molar-refractivity contribution < 1.29 is 17.6 Å². The van der Waals surface area contributed by atoms with E-state index in [1.165, 1.54) is 42.6 Å². The fourth-order valence-electron chi connectivity index (χ4n) is 2.58. The van der Waals surface area contributed by atoms with Crippen LogP contribution in [0.2, 0.25) is 0 Å². The molecule has 0 saturated heterocycles. The number of aryl methyl sites for hydroxylation is 1. The molecular formula is C17H13F4NS. The van der Waals surface area contributed by atoms with E-state index in [4.69, 9.17) is 0 Å². The topological polar surface area (TPSA) is 4.93 Å². The first-order valence-corrected chi connectivity index (χ1v) is 7.73. The Bertz CT molecular complexity index is 841. The molecule has 0 fully saturated rings. The minimum atomic E-state index is -4.45. The maximum absolute atomic E-state index is 13.3. The molecule has 0 amide bonds. The third-order valence-electron chi connectivity index (χ3n) is 3.64. The lowest BCUT2D eigenvalue weighted by molar-refractivity contribution is -0.142. The molecular weight excluding hydrogens is 326 g/mol. The third kappa shape index (κ3) is 2.91. The Morgan fingerprint density at radius 1 is 1.04 bits per heavy atom. The van der Waals surface area contributed by atoms with Crippen LogP contribution in [-0.2, 0) is 13.2 Å². The minimum absolute atomic E-state index is 0.422. The molecule has 0 atom stereocenters. The Kier molecular flexibility index (Phi) is 3.80. The number of alkyl halides is 3. The molecule has 1 nitrogen and oxygen atoms in total. The first-order chi connectivity index (χ1) is 10.8. The molecule has 0 aliphatic carbocycles. The monoisotopic (exact) mass is 339 g/mol. The molecule has 0 N–H and O–H groups in total. The number of hydrogen-bond donors (Lipinski definition) is 0. The van der Waals surface area contributed by atoms with Gasteiger partial charge in [0.2, 0.25) is 0 Å². The van der Waals surface area contributed by atoms with E-state index in [9.17, 15) is 17.6 Å². The molecule has 0 aliphatic heterocycles. The summed E-state index contributed by atoms with van der Waals surface area (Å²) in [6.45, 7) is 1.89. The highest BCUT2D eigenvalue weighted by molar-refractivity contribution is 7.13. The van der Waals surface area contributed by atoms with E-state index in [0.29, 0.717) is 16.8 Å². The number of nitrogens with zero attached hydrogens (tertiary/aromatic N) is 1. The van der Waals surface area contributed by atoms with E-state index < -0.39 is 17.7 Å². The number of thiophene rings is 1. The van der Waals surface area contributed by atoms with Crippen LogP contribution in [0.5, 0.6) is 0 Å². The maximum Gasteiger partial charge on any atom is 0.431 e. The van der Waals surface area contributed by atoms with Gasteiger partial charge >= 0.3 is 6.18 Å². The number of benzene rings is 1. The molecule has 0 aliphatic rings. The van der Waals surface area contributed by atoms with Crippen LogP contribution < -0.4 is 0 Å². The van der Waals surface area contributed by atoms with Crippen LogP contribution in [0.25, 0.3) is 21.7 Å². The molecule has 0 spiro atoms. The summed E-state index contributed by atoms with van der Waals surface area (Å²) in [7, 11) is 1.40. The molecule has 0 unspecified atom stereocenters. The van der Waals surface area contributed by atoms with Crippen molar-refractivity contribution in [3.63, 3.8) is 0 Å². The summed E-state index contributed by atoms with van der Waals surface area (Å²) in [6, 6.07) is 8.46. The molecule has 2 heterocycles. The van der Waals surface area contributed by atoms with Gasteiger partial charge in [0.25, 0.3) is 0 Å². The summed E-state index contributed by atoms with van der Waals surface area (Å²) in [5.74, 6) is -0.422. The van der Waals surface area contributed by atoms with Crippen molar-refractivity contribution in [1.29, 1.82) is 0 Å². The number of halogens is 4. The summed E-state index contributed by atoms with van der Waals surface area (Å²) < 4.78 is 54.1. The van der Waals surface area contributed by atoms with Crippen molar-refractivity contribution >= 4 is 11.3 Å². The van der Waals surface area contributed by atoms with Crippen LogP contribution in [0, 0.1) is 12.7 Å². The predicted molar refractivity (Wildman–Crippen MR) is 83.9 cm³/mol. The summed E-state index contributed by atoms with van der Waals surface area (Å²) in [6.07, 6.45) is -4.45. The van der Waals surface area contributed by atoms with Gasteiger partial charge in [0, 0.05) is 12.6 Å². The Hall–Kier alpha value is -2.08. The van der Waals surface area contributed by atoms with Gasteiger partial charge in [-0.15, -0.1) is 11.3 Å². The fraction of sp³-hybridized carbons (Fsp3) is 0.176. The second-order valence-electron chi connectivity index (χ2n) is 5.34. The minimum Gasteiger partial charge on any atom is -0.339 e. The average molecular weight is 339 g/mol. The van der Waals surface area contributed by atoms with Crippen LogP contribution in [0.4, 0.5) is 17.6 Å².